The molecule has 2 heterocycles. The lowest BCUT2D eigenvalue weighted by Crippen LogP contribution is -2.56. The van der Waals surface area contributed by atoms with E-state index in [0.717, 1.165) is 19.4 Å². The molecule has 6 heteroatoms. The molecule has 0 aromatic carbocycles. The van der Waals surface area contributed by atoms with Gasteiger partial charge in [-0.15, -0.1) is 0 Å². The minimum absolute atomic E-state index is 0.0422. The van der Waals surface area contributed by atoms with Gasteiger partial charge in [-0.3, -0.25) is 0 Å². The monoisotopic (exact) mass is 353 g/mol. The molecule has 1 spiro atoms. The second-order valence-electron chi connectivity index (χ2n) is 8.24. The minimum atomic E-state index is -0.342. The third kappa shape index (κ3) is 3.44. The van der Waals surface area contributed by atoms with E-state index < -0.39 is 0 Å². The first-order chi connectivity index (χ1) is 11.7. The van der Waals surface area contributed by atoms with Gasteiger partial charge in [0.1, 0.15) is 29.5 Å². The van der Waals surface area contributed by atoms with Crippen LogP contribution in [-0.2, 0) is 18.9 Å². The van der Waals surface area contributed by atoms with E-state index in [0.29, 0.717) is 5.92 Å². The molecule has 25 heavy (non-hydrogen) atoms. The molecule has 142 valence electrons. The summed E-state index contributed by atoms with van der Waals surface area (Å²) >= 11 is 0. The van der Waals surface area contributed by atoms with E-state index >= 15 is 0 Å². The number of allylic oxidation sites excluding steroid dienone is 1. The van der Waals surface area contributed by atoms with Crippen molar-refractivity contribution in [2.75, 3.05) is 27.8 Å². The number of methoxy groups -OCH3 is 1. The van der Waals surface area contributed by atoms with Gasteiger partial charge in [-0.25, -0.2) is 4.79 Å². The fourth-order valence-corrected chi connectivity index (χ4v) is 4.18. The fourth-order valence-electron chi connectivity index (χ4n) is 4.18. The summed E-state index contributed by atoms with van der Waals surface area (Å²) in [5, 5.41) is 0. The van der Waals surface area contributed by atoms with E-state index in [-0.39, 0.29) is 41.5 Å². The van der Waals surface area contributed by atoms with Gasteiger partial charge >= 0.3 is 6.09 Å². The molecule has 0 aromatic heterocycles. The van der Waals surface area contributed by atoms with E-state index in [9.17, 15) is 4.79 Å². The Morgan fingerprint density at radius 1 is 1.36 bits per heavy atom. The van der Waals surface area contributed by atoms with Crippen LogP contribution in [-0.4, -0.2) is 68.3 Å². The standard InChI is InChI=1S/C19H31NO5/c1-12(2)7-8-14-18(3,25-14)16-15(22-6)13(24-17(21)20(4)5)9-10-19(16)11-23-19/h7-8,12-16H,9-11H2,1-6H3/t13-,14-,15-,16?,18?,19+/m1/s1. The molecule has 6 atom stereocenters. The zero-order chi connectivity index (χ0) is 18.4. The Hall–Kier alpha value is -1.11. The summed E-state index contributed by atoms with van der Waals surface area (Å²) < 4.78 is 23.5. The number of ether oxygens (including phenoxy) is 4. The van der Waals surface area contributed by atoms with E-state index in [4.69, 9.17) is 18.9 Å². The average Bonchev–Trinajstić information content (AvgIpc) is 3.45. The van der Waals surface area contributed by atoms with Gasteiger partial charge in [0.15, 0.2) is 0 Å². The Balaban J connectivity index is 1.79. The van der Waals surface area contributed by atoms with Crippen molar-refractivity contribution < 1.29 is 23.7 Å². The van der Waals surface area contributed by atoms with Gasteiger partial charge in [0.2, 0.25) is 0 Å². The first kappa shape index (κ1) is 18.7. The quantitative estimate of drug-likeness (QED) is 0.561. The summed E-state index contributed by atoms with van der Waals surface area (Å²) in [4.78, 5) is 13.5. The maximum absolute atomic E-state index is 12.0. The molecule has 0 N–H and O–H groups in total. The molecule has 6 nitrogen and oxygen atoms in total. The van der Waals surface area contributed by atoms with E-state index in [1.54, 1.807) is 21.2 Å². The molecule has 3 aliphatic rings. The van der Waals surface area contributed by atoms with E-state index in [2.05, 4.69) is 32.9 Å². The van der Waals surface area contributed by atoms with Gasteiger partial charge in [0, 0.05) is 21.2 Å². The number of carbonyl (C=O) groups excluding carboxylic acids is 1. The molecule has 0 bridgehead atoms. The van der Waals surface area contributed by atoms with Crippen molar-refractivity contribution in [2.45, 2.75) is 63.1 Å². The van der Waals surface area contributed by atoms with Crippen molar-refractivity contribution >= 4 is 6.09 Å². The predicted octanol–water partition coefficient (Wildman–Crippen LogP) is 2.62. The Morgan fingerprint density at radius 2 is 2.04 bits per heavy atom. The van der Waals surface area contributed by atoms with Gasteiger partial charge in [-0.2, -0.15) is 0 Å². The van der Waals surface area contributed by atoms with Crippen LogP contribution >= 0.6 is 0 Å². The molecular formula is C19H31NO5. The van der Waals surface area contributed by atoms with Crippen LogP contribution in [0.5, 0.6) is 0 Å². The zero-order valence-electron chi connectivity index (χ0n) is 16.2. The largest absolute Gasteiger partial charge is 0.443 e. The third-order valence-corrected chi connectivity index (χ3v) is 5.70. The van der Waals surface area contributed by atoms with Crippen LogP contribution in [0.1, 0.15) is 33.6 Å². The smallest absolute Gasteiger partial charge is 0.409 e. The van der Waals surface area contributed by atoms with Crippen LogP contribution in [0.25, 0.3) is 0 Å². The van der Waals surface area contributed by atoms with Crippen LogP contribution in [0.15, 0.2) is 12.2 Å². The highest BCUT2D eigenvalue weighted by Gasteiger charge is 2.72. The lowest BCUT2D eigenvalue weighted by Gasteiger charge is -2.42. The number of amides is 1. The summed E-state index contributed by atoms with van der Waals surface area (Å²) in [6, 6.07) is 0. The second-order valence-corrected chi connectivity index (χ2v) is 8.24. The minimum Gasteiger partial charge on any atom is -0.443 e. The highest BCUT2D eigenvalue weighted by Crippen LogP contribution is 2.59. The number of hydrogen-bond donors (Lipinski definition) is 0. The Bertz CT molecular complexity index is 542. The van der Waals surface area contributed by atoms with Crippen LogP contribution < -0.4 is 0 Å². The lowest BCUT2D eigenvalue weighted by molar-refractivity contribution is -0.120. The van der Waals surface area contributed by atoms with Crippen LogP contribution in [0.4, 0.5) is 4.79 Å². The highest BCUT2D eigenvalue weighted by atomic mass is 16.6. The second kappa shape index (κ2) is 6.56. The highest BCUT2D eigenvalue weighted by molar-refractivity contribution is 5.67. The first-order valence-corrected chi connectivity index (χ1v) is 9.14. The van der Waals surface area contributed by atoms with Crippen molar-refractivity contribution in [2.24, 2.45) is 11.8 Å². The molecule has 1 amide bonds. The van der Waals surface area contributed by atoms with Gasteiger partial charge < -0.3 is 23.8 Å². The predicted molar refractivity (Wildman–Crippen MR) is 93.4 cm³/mol. The molecule has 2 aliphatic heterocycles. The summed E-state index contributed by atoms with van der Waals surface area (Å²) in [6.07, 6.45) is 5.13. The molecule has 3 rings (SSSR count). The van der Waals surface area contributed by atoms with Gasteiger partial charge in [0.05, 0.1) is 12.5 Å². The number of rotatable bonds is 5. The average molecular weight is 353 g/mol. The van der Waals surface area contributed by atoms with Crippen molar-refractivity contribution in [3.63, 3.8) is 0 Å². The summed E-state index contributed by atoms with van der Waals surface area (Å²) in [5.41, 5.74) is -0.539. The molecule has 0 radical (unpaired) electrons. The fraction of sp³-hybridized carbons (Fsp3) is 0.842. The molecular weight excluding hydrogens is 322 g/mol. The number of epoxide rings is 2. The SMILES string of the molecule is CO[C@H]1C(C2(C)O[C@@H]2C=CC(C)C)[C@]2(CC[C@H]1OC(=O)N(C)C)CO2. The summed E-state index contributed by atoms with van der Waals surface area (Å²) in [5.74, 6) is 0.526. The maximum Gasteiger partial charge on any atom is 0.409 e. The van der Waals surface area contributed by atoms with E-state index in [1.807, 2.05) is 0 Å². The van der Waals surface area contributed by atoms with Gasteiger partial charge in [-0.1, -0.05) is 26.0 Å². The molecule has 1 aliphatic carbocycles. The summed E-state index contributed by atoms with van der Waals surface area (Å²) in [6.45, 7) is 7.15. The number of nitrogens with zero attached hydrogens (tertiary/aromatic N) is 1. The first-order valence-electron chi connectivity index (χ1n) is 9.14. The van der Waals surface area contributed by atoms with Crippen LogP contribution in [0, 0.1) is 11.8 Å². The molecule has 1 saturated carbocycles. The van der Waals surface area contributed by atoms with Crippen LogP contribution in [0.3, 0.4) is 0 Å². The van der Waals surface area contributed by atoms with Crippen LogP contribution in [0.2, 0.25) is 0 Å². The number of carbonyl (C=O) groups is 1. The van der Waals surface area contributed by atoms with E-state index in [1.165, 1.54) is 4.90 Å². The van der Waals surface area contributed by atoms with Crippen molar-refractivity contribution in [3.8, 4) is 0 Å². The van der Waals surface area contributed by atoms with Crippen molar-refractivity contribution in [1.29, 1.82) is 0 Å². The zero-order valence-corrected chi connectivity index (χ0v) is 16.2. The van der Waals surface area contributed by atoms with Gasteiger partial charge in [-0.05, 0) is 25.7 Å². The Labute approximate surface area is 150 Å². The summed E-state index contributed by atoms with van der Waals surface area (Å²) in [7, 11) is 5.06. The molecule has 2 unspecified atom stereocenters. The molecule has 3 fully saturated rings. The molecule has 0 aromatic rings. The molecule has 2 saturated heterocycles. The number of hydrogen-bond acceptors (Lipinski definition) is 5. The lowest BCUT2D eigenvalue weighted by atomic mass is 9.68. The van der Waals surface area contributed by atoms with Crippen molar-refractivity contribution in [3.05, 3.63) is 12.2 Å². The maximum atomic E-state index is 12.0. The third-order valence-electron chi connectivity index (χ3n) is 5.70. The van der Waals surface area contributed by atoms with Crippen molar-refractivity contribution in [1.82, 2.24) is 4.90 Å². The topological polar surface area (TPSA) is 63.8 Å². The normalized spacial score (nSPS) is 42.8. The Kier molecular flexibility index (Phi) is 4.90. The van der Waals surface area contributed by atoms with Gasteiger partial charge in [0.25, 0.3) is 0 Å². The Morgan fingerprint density at radius 3 is 2.56 bits per heavy atom.